The maximum Gasteiger partial charge on any atom is 0.410 e. The highest BCUT2D eigenvalue weighted by molar-refractivity contribution is 5.91. The van der Waals surface area contributed by atoms with Crippen LogP contribution < -0.4 is 5.32 Å². The quantitative estimate of drug-likeness (QED) is 0.321. The van der Waals surface area contributed by atoms with E-state index >= 15 is 0 Å². The standard InChI is InChI=1S/C30H35F2N5O2/c1-30(2,3)39-29(38)36-13-5-7-21(36)17-37-26-11-9-19(32)15-25(26)35-28(37)27-23(16-20-6-4-12-33-20)22-10-8-18(31)14-24(22)34-27/h8-11,14-15,20-21,33-34H,4-7,12-13,16-17H2,1-3H3/t20-,21-/m0/s1. The van der Waals surface area contributed by atoms with Gasteiger partial charge in [0.15, 0.2) is 5.82 Å². The second kappa shape index (κ2) is 9.93. The van der Waals surface area contributed by atoms with Crippen molar-refractivity contribution in [3.63, 3.8) is 0 Å². The SMILES string of the molecule is CC(C)(C)OC(=O)N1CCC[C@H]1Cn1c(-c2[nH]c3cc(F)ccc3c2C[C@@H]2CCCN2)nc2cc(F)ccc21. The molecule has 0 bridgehead atoms. The molecule has 2 aliphatic heterocycles. The maximum atomic E-state index is 14.3. The Bertz CT molecular complexity index is 1530. The van der Waals surface area contributed by atoms with Crippen LogP contribution in [-0.2, 0) is 17.7 Å². The fourth-order valence-corrected chi connectivity index (χ4v) is 6.08. The molecule has 7 nitrogen and oxygen atoms in total. The van der Waals surface area contributed by atoms with Gasteiger partial charge in [-0.15, -0.1) is 0 Å². The number of nitrogens with zero attached hydrogens (tertiary/aromatic N) is 3. The first kappa shape index (κ1) is 25.8. The summed E-state index contributed by atoms with van der Waals surface area (Å²) in [4.78, 5) is 23.2. The number of benzene rings is 2. The highest BCUT2D eigenvalue weighted by Gasteiger charge is 2.34. The van der Waals surface area contributed by atoms with Gasteiger partial charge >= 0.3 is 6.09 Å². The van der Waals surface area contributed by atoms with Crippen molar-refractivity contribution in [1.29, 1.82) is 0 Å². The van der Waals surface area contributed by atoms with E-state index in [1.165, 1.54) is 24.3 Å². The lowest BCUT2D eigenvalue weighted by molar-refractivity contribution is 0.0215. The zero-order valence-corrected chi connectivity index (χ0v) is 22.7. The maximum absolute atomic E-state index is 14.3. The van der Waals surface area contributed by atoms with E-state index in [1.54, 1.807) is 11.0 Å². The molecule has 2 N–H and O–H groups in total. The molecule has 4 heterocycles. The lowest BCUT2D eigenvalue weighted by atomic mass is 10.0. The zero-order chi connectivity index (χ0) is 27.3. The lowest BCUT2D eigenvalue weighted by Crippen LogP contribution is -2.41. The van der Waals surface area contributed by atoms with Crippen molar-refractivity contribution in [2.45, 2.75) is 77.1 Å². The van der Waals surface area contributed by atoms with Crippen LogP contribution in [0.25, 0.3) is 33.5 Å². The first-order valence-electron chi connectivity index (χ1n) is 13.9. The number of rotatable bonds is 5. The van der Waals surface area contributed by atoms with E-state index in [9.17, 15) is 13.6 Å². The molecule has 1 amide bonds. The molecular weight excluding hydrogens is 500 g/mol. The van der Waals surface area contributed by atoms with Crippen molar-refractivity contribution in [2.24, 2.45) is 0 Å². The number of imidazole rings is 1. The molecule has 2 fully saturated rings. The minimum Gasteiger partial charge on any atom is -0.444 e. The van der Waals surface area contributed by atoms with Crippen LogP contribution in [0.2, 0.25) is 0 Å². The monoisotopic (exact) mass is 535 g/mol. The minimum atomic E-state index is -0.586. The number of carbonyl (C=O) groups excluding carboxylic acids is 1. The minimum absolute atomic E-state index is 0.0946. The smallest absolute Gasteiger partial charge is 0.410 e. The van der Waals surface area contributed by atoms with E-state index in [0.717, 1.165) is 60.8 Å². The van der Waals surface area contributed by atoms with Gasteiger partial charge in [0.05, 0.1) is 22.8 Å². The van der Waals surface area contributed by atoms with Crippen LogP contribution in [0.5, 0.6) is 0 Å². The molecule has 0 unspecified atom stereocenters. The topological polar surface area (TPSA) is 75.2 Å². The Balaban J connectivity index is 1.46. The van der Waals surface area contributed by atoms with Crippen LogP contribution in [0.3, 0.4) is 0 Å². The van der Waals surface area contributed by atoms with Gasteiger partial charge in [-0.25, -0.2) is 18.6 Å². The van der Waals surface area contributed by atoms with Crippen molar-refractivity contribution in [2.75, 3.05) is 13.1 Å². The van der Waals surface area contributed by atoms with Crippen molar-refractivity contribution >= 4 is 28.0 Å². The molecular formula is C30H35F2N5O2. The van der Waals surface area contributed by atoms with E-state index in [1.807, 2.05) is 26.8 Å². The number of ether oxygens (including phenoxy) is 1. The number of H-pyrrole nitrogens is 1. The summed E-state index contributed by atoms with van der Waals surface area (Å²) in [5.74, 6) is -0.00402. The van der Waals surface area contributed by atoms with Crippen LogP contribution in [0.1, 0.15) is 52.0 Å². The highest BCUT2D eigenvalue weighted by atomic mass is 19.1. The number of hydrogen-bond donors (Lipinski definition) is 2. The molecule has 4 aromatic rings. The molecule has 206 valence electrons. The Hall–Kier alpha value is -3.46. The average Bonchev–Trinajstić information content (AvgIpc) is 3.65. The number of aromatic nitrogens is 3. The predicted octanol–water partition coefficient (Wildman–Crippen LogP) is 6.16. The number of amides is 1. The van der Waals surface area contributed by atoms with Crippen LogP contribution >= 0.6 is 0 Å². The van der Waals surface area contributed by atoms with Gasteiger partial charge in [-0.3, -0.25) is 0 Å². The Kier molecular flexibility index (Phi) is 6.57. The molecule has 2 atom stereocenters. The van der Waals surface area contributed by atoms with E-state index in [2.05, 4.69) is 14.9 Å². The summed E-state index contributed by atoms with van der Waals surface area (Å²) in [5, 5.41) is 4.53. The van der Waals surface area contributed by atoms with Gasteiger partial charge in [-0.05, 0) is 95.3 Å². The number of halogens is 2. The van der Waals surface area contributed by atoms with Gasteiger partial charge in [0.1, 0.15) is 17.2 Å². The number of hydrogen-bond acceptors (Lipinski definition) is 4. The third-order valence-electron chi connectivity index (χ3n) is 7.81. The predicted molar refractivity (Wildman–Crippen MR) is 148 cm³/mol. The number of nitrogens with one attached hydrogen (secondary N) is 2. The van der Waals surface area contributed by atoms with Gasteiger partial charge in [0.25, 0.3) is 0 Å². The third kappa shape index (κ3) is 5.12. The Morgan fingerprint density at radius 2 is 1.90 bits per heavy atom. The van der Waals surface area contributed by atoms with E-state index in [4.69, 9.17) is 9.72 Å². The normalized spacial score (nSPS) is 20.0. The Labute approximate surface area is 226 Å². The van der Waals surface area contributed by atoms with Gasteiger partial charge in [-0.2, -0.15) is 0 Å². The molecule has 9 heteroatoms. The zero-order valence-electron chi connectivity index (χ0n) is 22.7. The molecule has 0 spiro atoms. The van der Waals surface area contributed by atoms with Crippen molar-refractivity contribution in [3.05, 3.63) is 53.6 Å². The van der Waals surface area contributed by atoms with Crippen LogP contribution in [-0.4, -0.2) is 56.3 Å². The summed E-state index contributed by atoms with van der Waals surface area (Å²) in [6.07, 6.45) is 4.35. The molecule has 2 aliphatic rings. The van der Waals surface area contributed by atoms with Gasteiger partial charge in [0.2, 0.25) is 0 Å². The van der Waals surface area contributed by atoms with E-state index in [-0.39, 0.29) is 23.8 Å². The van der Waals surface area contributed by atoms with Crippen molar-refractivity contribution in [1.82, 2.24) is 24.8 Å². The molecule has 39 heavy (non-hydrogen) atoms. The first-order chi connectivity index (χ1) is 18.7. The fraction of sp³-hybridized carbons (Fsp3) is 0.467. The summed E-state index contributed by atoms with van der Waals surface area (Å²) < 4.78 is 36.3. The molecule has 0 radical (unpaired) electrons. The molecule has 2 aromatic heterocycles. The summed E-state index contributed by atoms with van der Waals surface area (Å²) in [6, 6.07) is 9.67. The second-order valence-corrected chi connectivity index (χ2v) is 11.8. The number of carbonyl (C=O) groups is 1. The Morgan fingerprint density at radius 1 is 1.10 bits per heavy atom. The van der Waals surface area contributed by atoms with Crippen molar-refractivity contribution in [3.8, 4) is 11.5 Å². The lowest BCUT2D eigenvalue weighted by Gasteiger charge is -2.29. The number of aromatic amines is 1. The van der Waals surface area contributed by atoms with E-state index < -0.39 is 5.60 Å². The number of fused-ring (bicyclic) bond motifs is 2. The van der Waals surface area contributed by atoms with Crippen LogP contribution in [0.15, 0.2) is 36.4 Å². The molecule has 2 aromatic carbocycles. The molecule has 0 saturated carbocycles. The number of likely N-dealkylation sites (tertiary alicyclic amines) is 1. The third-order valence-corrected chi connectivity index (χ3v) is 7.81. The van der Waals surface area contributed by atoms with E-state index in [0.29, 0.717) is 36.0 Å². The first-order valence-corrected chi connectivity index (χ1v) is 13.9. The highest BCUT2D eigenvalue weighted by Crippen LogP contribution is 2.35. The van der Waals surface area contributed by atoms with Gasteiger partial charge < -0.3 is 24.5 Å². The summed E-state index contributed by atoms with van der Waals surface area (Å²) in [6.45, 7) is 7.70. The molecule has 0 aliphatic carbocycles. The Morgan fingerprint density at radius 3 is 2.67 bits per heavy atom. The summed E-state index contributed by atoms with van der Waals surface area (Å²) >= 11 is 0. The molecule has 6 rings (SSSR count). The average molecular weight is 536 g/mol. The van der Waals surface area contributed by atoms with Gasteiger partial charge in [-0.1, -0.05) is 0 Å². The van der Waals surface area contributed by atoms with Gasteiger partial charge in [0, 0.05) is 36.1 Å². The van der Waals surface area contributed by atoms with Crippen LogP contribution in [0, 0.1) is 11.6 Å². The second-order valence-electron chi connectivity index (χ2n) is 11.8. The van der Waals surface area contributed by atoms with Crippen molar-refractivity contribution < 1.29 is 18.3 Å². The summed E-state index contributed by atoms with van der Waals surface area (Å²) in [7, 11) is 0. The largest absolute Gasteiger partial charge is 0.444 e. The fourth-order valence-electron chi connectivity index (χ4n) is 6.08. The van der Waals surface area contributed by atoms with Crippen LogP contribution in [0.4, 0.5) is 13.6 Å². The summed E-state index contributed by atoms with van der Waals surface area (Å²) in [5.41, 5.74) is 3.33. The molecule has 2 saturated heterocycles.